The average molecular weight is 304 g/mol. The molecule has 1 amide bonds. The summed E-state index contributed by atoms with van der Waals surface area (Å²) in [5.41, 5.74) is 2.76. The number of pyridine rings is 1. The van der Waals surface area contributed by atoms with Crippen molar-refractivity contribution < 1.29 is 4.79 Å². The fourth-order valence-corrected chi connectivity index (χ4v) is 2.75. The molecule has 0 radical (unpaired) electrons. The highest BCUT2D eigenvalue weighted by Gasteiger charge is 2.11. The molecule has 0 fully saturated rings. The maximum absolute atomic E-state index is 11.2. The van der Waals surface area contributed by atoms with Gasteiger partial charge in [0.25, 0.3) is 0 Å². The molecule has 2 heterocycles. The van der Waals surface area contributed by atoms with Crippen molar-refractivity contribution in [2.45, 2.75) is 6.92 Å². The molecule has 18 heavy (non-hydrogen) atoms. The lowest BCUT2D eigenvalue weighted by Gasteiger charge is -2.06. The van der Waals surface area contributed by atoms with Gasteiger partial charge in [0.15, 0.2) is 0 Å². The van der Waals surface area contributed by atoms with Gasteiger partial charge >= 0.3 is 0 Å². The van der Waals surface area contributed by atoms with E-state index in [0.29, 0.717) is 0 Å². The van der Waals surface area contributed by atoms with E-state index in [1.54, 1.807) is 12.4 Å². The molecule has 4 nitrogen and oxygen atoms in total. The number of nitrogens with one attached hydrogen (secondary N) is 2. The highest BCUT2D eigenvalue weighted by Crippen LogP contribution is 2.36. The third-order valence-electron chi connectivity index (χ3n) is 2.81. The van der Waals surface area contributed by atoms with Gasteiger partial charge in [0.1, 0.15) is 0 Å². The van der Waals surface area contributed by atoms with Crippen molar-refractivity contribution in [3.63, 3.8) is 0 Å². The molecular formula is C13H10BrN3O. The Bertz CT molecular complexity index is 763. The molecule has 0 atom stereocenters. The molecule has 2 N–H and O–H groups in total. The van der Waals surface area contributed by atoms with Crippen LogP contribution in [0.5, 0.6) is 0 Å². The molecule has 3 aromatic rings. The lowest BCUT2D eigenvalue weighted by molar-refractivity contribution is -0.114. The van der Waals surface area contributed by atoms with Crippen LogP contribution in [0, 0.1) is 0 Å². The first-order valence-electron chi connectivity index (χ1n) is 5.48. The standard InChI is InChI=1S/C13H10BrN3O/c1-7(18)16-10-3-2-9-12(13(10)14)8-4-5-15-6-11(8)17-9/h2-6,17H,1H3,(H,16,18). The second-order valence-electron chi connectivity index (χ2n) is 4.08. The number of rotatable bonds is 1. The van der Waals surface area contributed by atoms with Gasteiger partial charge in [-0.3, -0.25) is 9.78 Å². The van der Waals surface area contributed by atoms with Gasteiger partial charge in [-0.1, -0.05) is 0 Å². The number of amides is 1. The average Bonchev–Trinajstić information content (AvgIpc) is 2.71. The Kier molecular flexibility index (Phi) is 2.56. The number of carbonyl (C=O) groups is 1. The van der Waals surface area contributed by atoms with Crippen LogP contribution in [-0.4, -0.2) is 15.9 Å². The van der Waals surface area contributed by atoms with E-state index < -0.39 is 0 Å². The van der Waals surface area contributed by atoms with Crippen LogP contribution in [0.25, 0.3) is 21.8 Å². The number of benzene rings is 1. The summed E-state index contributed by atoms with van der Waals surface area (Å²) in [7, 11) is 0. The smallest absolute Gasteiger partial charge is 0.221 e. The van der Waals surface area contributed by atoms with Gasteiger partial charge in [-0.05, 0) is 34.1 Å². The summed E-state index contributed by atoms with van der Waals surface area (Å²) < 4.78 is 0.882. The minimum absolute atomic E-state index is 0.0865. The van der Waals surface area contributed by atoms with Gasteiger partial charge in [-0.25, -0.2) is 0 Å². The summed E-state index contributed by atoms with van der Waals surface area (Å²) in [5.74, 6) is -0.0865. The number of H-pyrrole nitrogens is 1. The molecule has 0 aliphatic rings. The minimum atomic E-state index is -0.0865. The monoisotopic (exact) mass is 303 g/mol. The number of hydrogen-bond donors (Lipinski definition) is 2. The van der Waals surface area contributed by atoms with E-state index in [-0.39, 0.29) is 5.91 Å². The number of halogens is 1. The van der Waals surface area contributed by atoms with Crippen LogP contribution in [0.4, 0.5) is 5.69 Å². The fourth-order valence-electron chi connectivity index (χ4n) is 2.09. The fraction of sp³-hybridized carbons (Fsp3) is 0.0769. The maximum atomic E-state index is 11.2. The number of fused-ring (bicyclic) bond motifs is 3. The number of carbonyl (C=O) groups excluding carboxylic acids is 1. The highest BCUT2D eigenvalue weighted by molar-refractivity contribution is 9.10. The Morgan fingerprint density at radius 2 is 2.17 bits per heavy atom. The lowest BCUT2D eigenvalue weighted by atomic mass is 10.1. The van der Waals surface area contributed by atoms with E-state index in [9.17, 15) is 4.79 Å². The van der Waals surface area contributed by atoms with Crippen LogP contribution in [0.1, 0.15) is 6.92 Å². The van der Waals surface area contributed by atoms with Crippen molar-refractivity contribution in [1.29, 1.82) is 0 Å². The summed E-state index contributed by atoms with van der Waals surface area (Å²) in [4.78, 5) is 18.5. The predicted octanol–water partition coefficient (Wildman–Crippen LogP) is 3.44. The molecule has 0 unspecified atom stereocenters. The molecule has 5 heteroatoms. The zero-order valence-corrected chi connectivity index (χ0v) is 11.2. The van der Waals surface area contributed by atoms with E-state index in [4.69, 9.17) is 0 Å². The normalized spacial score (nSPS) is 11.0. The van der Waals surface area contributed by atoms with Gasteiger partial charge in [-0.15, -0.1) is 0 Å². The van der Waals surface area contributed by atoms with Crippen molar-refractivity contribution in [1.82, 2.24) is 9.97 Å². The third kappa shape index (κ3) is 1.67. The van der Waals surface area contributed by atoms with E-state index in [1.165, 1.54) is 6.92 Å². The number of aromatic amines is 1. The Morgan fingerprint density at radius 1 is 1.33 bits per heavy atom. The minimum Gasteiger partial charge on any atom is -0.353 e. The Hall–Kier alpha value is -1.88. The summed E-state index contributed by atoms with van der Waals surface area (Å²) >= 11 is 3.56. The molecule has 3 rings (SSSR count). The molecular weight excluding hydrogens is 294 g/mol. The zero-order valence-electron chi connectivity index (χ0n) is 9.62. The molecule has 0 saturated heterocycles. The van der Waals surface area contributed by atoms with Gasteiger partial charge < -0.3 is 10.3 Å². The number of anilines is 1. The van der Waals surface area contributed by atoms with Crippen molar-refractivity contribution in [3.05, 3.63) is 35.1 Å². The first-order chi connectivity index (χ1) is 8.66. The largest absolute Gasteiger partial charge is 0.353 e. The van der Waals surface area contributed by atoms with E-state index >= 15 is 0 Å². The summed E-state index contributed by atoms with van der Waals surface area (Å²) in [6.07, 6.45) is 3.55. The van der Waals surface area contributed by atoms with Crippen molar-refractivity contribution in [2.24, 2.45) is 0 Å². The topological polar surface area (TPSA) is 57.8 Å². The highest BCUT2D eigenvalue weighted by atomic mass is 79.9. The molecule has 2 aromatic heterocycles. The summed E-state index contributed by atoms with van der Waals surface area (Å²) in [6, 6.07) is 5.78. The predicted molar refractivity (Wildman–Crippen MR) is 75.6 cm³/mol. The van der Waals surface area contributed by atoms with Crippen LogP contribution in [0.2, 0.25) is 0 Å². The Balaban J connectivity index is 2.35. The second-order valence-corrected chi connectivity index (χ2v) is 4.87. The number of nitrogens with zero attached hydrogens (tertiary/aromatic N) is 1. The molecule has 0 aliphatic heterocycles. The van der Waals surface area contributed by atoms with Crippen LogP contribution < -0.4 is 5.32 Å². The Labute approximate surface area is 112 Å². The molecule has 1 aromatic carbocycles. The molecule has 0 bridgehead atoms. The summed E-state index contributed by atoms with van der Waals surface area (Å²) in [5, 5.41) is 4.94. The van der Waals surface area contributed by atoms with Gasteiger partial charge in [0, 0.05) is 29.4 Å². The maximum Gasteiger partial charge on any atom is 0.221 e. The van der Waals surface area contributed by atoms with Crippen molar-refractivity contribution in [3.8, 4) is 0 Å². The van der Waals surface area contributed by atoms with Crippen molar-refractivity contribution in [2.75, 3.05) is 5.32 Å². The van der Waals surface area contributed by atoms with E-state index in [1.807, 2.05) is 18.2 Å². The second kappa shape index (κ2) is 4.10. The molecule has 0 aliphatic carbocycles. The van der Waals surface area contributed by atoms with Crippen LogP contribution in [0.15, 0.2) is 35.1 Å². The quantitative estimate of drug-likeness (QED) is 0.723. The first kappa shape index (κ1) is 11.2. The molecule has 0 spiro atoms. The van der Waals surface area contributed by atoms with Gasteiger partial charge in [-0.2, -0.15) is 0 Å². The third-order valence-corrected chi connectivity index (χ3v) is 3.64. The van der Waals surface area contributed by atoms with Crippen LogP contribution in [-0.2, 0) is 4.79 Å². The zero-order chi connectivity index (χ0) is 12.7. The first-order valence-corrected chi connectivity index (χ1v) is 6.27. The number of aromatic nitrogens is 2. The van der Waals surface area contributed by atoms with Crippen molar-refractivity contribution >= 4 is 49.3 Å². The van der Waals surface area contributed by atoms with Gasteiger partial charge in [0.2, 0.25) is 5.91 Å². The van der Waals surface area contributed by atoms with Crippen LogP contribution in [0.3, 0.4) is 0 Å². The van der Waals surface area contributed by atoms with E-state index in [0.717, 1.165) is 32.0 Å². The number of hydrogen-bond acceptors (Lipinski definition) is 2. The summed E-state index contributed by atoms with van der Waals surface area (Å²) in [6.45, 7) is 1.50. The Morgan fingerprint density at radius 3 is 2.94 bits per heavy atom. The SMILES string of the molecule is CC(=O)Nc1ccc2[nH]c3cnccc3c2c1Br. The molecule has 90 valence electrons. The lowest BCUT2D eigenvalue weighted by Crippen LogP contribution is -2.06. The van der Waals surface area contributed by atoms with Crippen LogP contribution >= 0.6 is 15.9 Å². The van der Waals surface area contributed by atoms with E-state index in [2.05, 4.69) is 31.2 Å². The molecule has 0 saturated carbocycles. The van der Waals surface area contributed by atoms with Gasteiger partial charge in [0.05, 0.1) is 21.9 Å².